The van der Waals surface area contributed by atoms with Gasteiger partial charge in [-0.2, -0.15) is 0 Å². The molecule has 0 unspecified atom stereocenters. The molecule has 0 spiro atoms. The summed E-state index contributed by atoms with van der Waals surface area (Å²) < 4.78 is 4.94. The molecule has 0 saturated heterocycles. The van der Waals surface area contributed by atoms with E-state index < -0.39 is 0 Å². The zero-order valence-electron chi connectivity index (χ0n) is 11.6. The van der Waals surface area contributed by atoms with Crippen LogP contribution in [0.4, 0.5) is 5.82 Å². The number of hydrogen-bond acceptors (Lipinski definition) is 5. The zero-order chi connectivity index (χ0) is 13.9. The van der Waals surface area contributed by atoms with Crippen molar-refractivity contribution < 1.29 is 9.53 Å². The predicted octanol–water partition coefficient (Wildman–Crippen LogP) is 1.45. The van der Waals surface area contributed by atoms with Crippen LogP contribution >= 0.6 is 0 Å². The number of unbranched alkanes of at least 4 members (excludes halogenated alkanes) is 1. The molecular formula is C13H22N4O2. The van der Waals surface area contributed by atoms with E-state index in [2.05, 4.69) is 27.5 Å². The van der Waals surface area contributed by atoms with Crippen molar-refractivity contribution >= 4 is 11.7 Å². The van der Waals surface area contributed by atoms with Gasteiger partial charge in [0.2, 0.25) is 0 Å². The number of methoxy groups -OCH3 is 1. The van der Waals surface area contributed by atoms with Crippen LogP contribution in [-0.2, 0) is 4.74 Å². The summed E-state index contributed by atoms with van der Waals surface area (Å²) in [7, 11) is 1.67. The van der Waals surface area contributed by atoms with Gasteiger partial charge in [-0.05, 0) is 19.3 Å². The summed E-state index contributed by atoms with van der Waals surface area (Å²) in [6.07, 6.45) is 5.91. The van der Waals surface area contributed by atoms with Crippen LogP contribution in [0.5, 0.6) is 0 Å². The van der Waals surface area contributed by atoms with Crippen molar-refractivity contribution in [2.75, 3.05) is 32.1 Å². The van der Waals surface area contributed by atoms with Crippen molar-refractivity contribution in [3.05, 3.63) is 18.1 Å². The van der Waals surface area contributed by atoms with Crippen LogP contribution in [0, 0.1) is 0 Å². The molecule has 0 bridgehead atoms. The van der Waals surface area contributed by atoms with Crippen molar-refractivity contribution in [2.24, 2.45) is 0 Å². The molecule has 2 N–H and O–H groups in total. The molecule has 6 heteroatoms. The summed E-state index contributed by atoms with van der Waals surface area (Å²) in [5.41, 5.74) is 0.341. The van der Waals surface area contributed by atoms with Crippen LogP contribution in [0.3, 0.4) is 0 Å². The van der Waals surface area contributed by atoms with Crippen LogP contribution in [0.2, 0.25) is 0 Å². The number of anilines is 1. The van der Waals surface area contributed by atoms with E-state index in [0.29, 0.717) is 24.7 Å². The van der Waals surface area contributed by atoms with Gasteiger partial charge in [0.15, 0.2) is 0 Å². The lowest BCUT2D eigenvalue weighted by atomic mass is 10.3. The molecule has 0 aliphatic carbocycles. The van der Waals surface area contributed by atoms with Crippen molar-refractivity contribution in [3.8, 4) is 0 Å². The summed E-state index contributed by atoms with van der Waals surface area (Å²) >= 11 is 0. The van der Waals surface area contributed by atoms with E-state index in [1.807, 2.05) is 0 Å². The fraction of sp³-hybridized carbons (Fsp3) is 0.615. The summed E-state index contributed by atoms with van der Waals surface area (Å²) in [5.74, 6) is 0.505. The first-order valence-corrected chi connectivity index (χ1v) is 6.61. The molecule has 19 heavy (non-hydrogen) atoms. The van der Waals surface area contributed by atoms with E-state index >= 15 is 0 Å². The molecule has 0 saturated carbocycles. The second-order valence-corrected chi connectivity index (χ2v) is 4.17. The van der Waals surface area contributed by atoms with Gasteiger partial charge < -0.3 is 15.4 Å². The largest absolute Gasteiger partial charge is 0.385 e. The van der Waals surface area contributed by atoms with E-state index in [4.69, 9.17) is 4.74 Å². The number of carbonyl (C=O) groups excluding carboxylic acids is 1. The second kappa shape index (κ2) is 9.27. The first-order chi connectivity index (χ1) is 9.27. The lowest BCUT2D eigenvalue weighted by molar-refractivity contribution is 0.0946. The predicted molar refractivity (Wildman–Crippen MR) is 74.3 cm³/mol. The number of hydrogen-bond donors (Lipinski definition) is 2. The van der Waals surface area contributed by atoms with E-state index in [-0.39, 0.29) is 5.91 Å². The highest BCUT2D eigenvalue weighted by Crippen LogP contribution is 2.01. The van der Waals surface area contributed by atoms with Gasteiger partial charge >= 0.3 is 0 Å². The van der Waals surface area contributed by atoms with Crippen LogP contribution in [0.15, 0.2) is 12.4 Å². The van der Waals surface area contributed by atoms with E-state index in [0.717, 1.165) is 25.8 Å². The van der Waals surface area contributed by atoms with E-state index in [1.165, 1.54) is 6.20 Å². The maximum Gasteiger partial charge on any atom is 0.271 e. The average molecular weight is 266 g/mol. The van der Waals surface area contributed by atoms with Gasteiger partial charge in [-0.15, -0.1) is 0 Å². The number of aromatic nitrogens is 2. The first-order valence-electron chi connectivity index (χ1n) is 6.61. The molecule has 1 amide bonds. The number of nitrogens with one attached hydrogen (secondary N) is 2. The third-order valence-electron chi connectivity index (χ3n) is 2.50. The smallest absolute Gasteiger partial charge is 0.271 e. The number of ether oxygens (including phenoxy) is 1. The zero-order valence-corrected chi connectivity index (χ0v) is 11.6. The fourth-order valence-corrected chi connectivity index (χ4v) is 1.45. The minimum Gasteiger partial charge on any atom is -0.385 e. The normalized spacial score (nSPS) is 10.2. The minimum absolute atomic E-state index is 0.188. The number of amides is 1. The Hall–Kier alpha value is -1.69. The molecule has 0 aliphatic heterocycles. The van der Waals surface area contributed by atoms with Crippen LogP contribution < -0.4 is 10.6 Å². The molecule has 0 fully saturated rings. The topological polar surface area (TPSA) is 76.1 Å². The van der Waals surface area contributed by atoms with Crippen LogP contribution in [-0.4, -0.2) is 42.7 Å². The van der Waals surface area contributed by atoms with Crippen LogP contribution in [0.1, 0.15) is 36.7 Å². The van der Waals surface area contributed by atoms with Crippen molar-refractivity contribution in [3.63, 3.8) is 0 Å². The third kappa shape index (κ3) is 6.15. The number of nitrogens with zero attached hydrogens (tertiary/aromatic N) is 2. The minimum atomic E-state index is -0.188. The maximum atomic E-state index is 11.7. The van der Waals surface area contributed by atoms with E-state index in [9.17, 15) is 4.79 Å². The molecule has 0 atom stereocenters. The number of carbonyl (C=O) groups is 1. The standard InChI is InChI=1S/C13H22N4O2/c1-3-6-14-12-10-16-11(9-17-12)13(18)15-7-4-5-8-19-2/h9-10H,3-8H2,1-2H3,(H,14,17)(H,15,18). The van der Waals surface area contributed by atoms with Gasteiger partial charge in [0.1, 0.15) is 11.5 Å². The molecule has 1 aromatic heterocycles. The molecule has 1 aromatic rings. The molecule has 1 heterocycles. The summed E-state index contributed by atoms with van der Waals surface area (Å²) in [4.78, 5) is 20.0. The van der Waals surface area contributed by atoms with E-state index in [1.54, 1.807) is 13.3 Å². The Kier molecular flexibility index (Phi) is 7.50. The Bertz CT molecular complexity index is 367. The summed E-state index contributed by atoms with van der Waals surface area (Å²) in [6, 6.07) is 0. The Labute approximate surface area is 114 Å². The van der Waals surface area contributed by atoms with Crippen molar-refractivity contribution in [1.82, 2.24) is 15.3 Å². The molecule has 0 radical (unpaired) electrons. The molecule has 6 nitrogen and oxygen atoms in total. The van der Waals surface area contributed by atoms with Gasteiger partial charge in [0, 0.05) is 26.8 Å². The van der Waals surface area contributed by atoms with Gasteiger partial charge in [-0.1, -0.05) is 6.92 Å². The molecule has 0 aliphatic rings. The highest BCUT2D eigenvalue weighted by atomic mass is 16.5. The Morgan fingerprint density at radius 1 is 1.26 bits per heavy atom. The third-order valence-corrected chi connectivity index (χ3v) is 2.50. The lowest BCUT2D eigenvalue weighted by Crippen LogP contribution is -2.25. The first kappa shape index (κ1) is 15.4. The average Bonchev–Trinajstić information content (AvgIpc) is 2.45. The van der Waals surface area contributed by atoms with Crippen molar-refractivity contribution in [2.45, 2.75) is 26.2 Å². The second-order valence-electron chi connectivity index (χ2n) is 4.17. The van der Waals surface area contributed by atoms with Gasteiger partial charge in [0.25, 0.3) is 5.91 Å². The molecule has 1 rings (SSSR count). The highest BCUT2D eigenvalue weighted by molar-refractivity contribution is 5.91. The van der Waals surface area contributed by atoms with Gasteiger partial charge in [0.05, 0.1) is 12.4 Å². The van der Waals surface area contributed by atoms with Crippen LogP contribution in [0.25, 0.3) is 0 Å². The lowest BCUT2D eigenvalue weighted by Gasteiger charge is -2.06. The maximum absolute atomic E-state index is 11.7. The van der Waals surface area contributed by atoms with Crippen molar-refractivity contribution in [1.29, 1.82) is 0 Å². The molecular weight excluding hydrogens is 244 g/mol. The molecule has 106 valence electrons. The number of rotatable bonds is 9. The fourth-order valence-electron chi connectivity index (χ4n) is 1.45. The van der Waals surface area contributed by atoms with Gasteiger partial charge in [-0.3, -0.25) is 4.79 Å². The highest BCUT2D eigenvalue weighted by Gasteiger charge is 2.06. The monoisotopic (exact) mass is 266 g/mol. The Balaban J connectivity index is 2.32. The Morgan fingerprint density at radius 2 is 2.11 bits per heavy atom. The van der Waals surface area contributed by atoms with Gasteiger partial charge in [-0.25, -0.2) is 9.97 Å². The Morgan fingerprint density at radius 3 is 2.74 bits per heavy atom. The summed E-state index contributed by atoms with van der Waals surface area (Å²) in [6.45, 7) is 4.26. The summed E-state index contributed by atoms with van der Waals surface area (Å²) in [5, 5.41) is 5.91. The SMILES string of the molecule is CCCNc1cnc(C(=O)NCCCCOC)cn1. The molecule has 0 aromatic carbocycles. The quantitative estimate of drug-likeness (QED) is 0.662.